The summed E-state index contributed by atoms with van der Waals surface area (Å²) in [4.78, 5) is 12.1. The number of fused-ring (bicyclic) bond motifs is 5. The number of Topliss-reactive ketones (excluding diaryl/α,β-unsaturated/α-hetero) is 1. The third-order valence-corrected chi connectivity index (χ3v) is 8.29. The van der Waals surface area contributed by atoms with Crippen LogP contribution in [0.2, 0.25) is 0 Å². The van der Waals surface area contributed by atoms with Crippen LogP contribution in [0.3, 0.4) is 0 Å². The molecule has 4 fully saturated rings. The van der Waals surface area contributed by atoms with E-state index in [9.17, 15) is 15.0 Å². The first-order chi connectivity index (χ1) is 10.4. The lowest BCUT2D eigenvalue weighted by molar-refractivity contribution is -0.178. The average Bonchev–Trinajstić information content (AvgIpc) is 2.73. The van der Waals surface area contributed by atoms with E-state index in [-0.39, 0.29) is 29.0 Å². The minimum atomic E-state index is -0.349. The summed E-state index contributed by atoms with van der Waals surface area (Å²) in [7, 11) is 0. The van der Waals surface area contributed by atoms with Crippen molar-refractivity contribution >= 4 is 5.78 Å². The van der Waals surface area contributed by atoms with Crippen molar-refractivity contribution in [2.75, 3.05) is 0 Å². The Kier molecular flexibility index (Phi) is 3.30. The van der Waals surface area contributed by atoms with Crippen LogP contribution >= 0.6 is 0 Å². The minimum Gasteiger partial charge on any atom is -0.393 e. The quantitative estimate of drug-likeness (QED) is 0.723. The molecule has 8 atom stereocenters. The maximum absolute atomic E-state index is 12.1. The van der Waals surface area contributed by atoms with Crippen molar-refractivity contribution in [2.24, 2.45) is 34.5 Å². The third-order valence-electron chi connectivity index (χ3n) is 8.29. The molecule has 0 spiro atoms. The Morgan fingerprint density at radius 2 is 1.77 bits per heavy atom. The van der Waals surface area contributed by atoms with Gasteiger partial charge in [-0.2, -0.15) is 0 Å². The van der Waals surface area contributed by atoms with Crippen LogP contribution in [0.25, 0.3) is 0 Å². The van der Waals surface area contributed by atoms with Gasteiger partial charge in [0.15, 0.2) is 0 Å². The summed E-state index contributed by atoms with van der Waals surface area (Å²) in [5.74, 6) is 2.30. The lowest BCUT2D eigenvalue weighted by Crippen LogP contribution is -2.59. The summed E-state index contributed by atoms with van der Waals surface area (Å²) in [6.45, 7) is 4.47. The number of aliphatic hydroxyl groups is 2. The molecule has 0 aromatic carbocycles. The number of ketones is 1. The molecule has 0 heterocycles. The van der Waals surface area contributed by atoms with Gasteiger partial charge in [0.05, 0.1) is 12.2 Å². The molecule has 4 aliphatic carbocycles. The molecule has 22 heavy (non-hydrogen) atoms. The van der Waals surface area contributed by atoms with E-state index in [1.165, 1.54) is 12.8 Å². The summed E-state index contributed by atoms with van der Waals surface area (Å²) >= 11 is 0. The Labute approximate surface area is 133 Å². The van der Waals surface area contributed by atoms with Crippen LogP contribution in [0.4, 0.5) is 0 Å². The topological polar surface area (TPSA) is 57.5 Å². The molecule has 0 aromatic heterocycles. The molecular formula is C19H30O3. The molecular weight excluding hydrogens is 276 g/mol. The fourth-order valence-electron chi connectivity index (χ4n) is 7.24. The Balaban J connectivity index is 1.71. The Morgan fingerprint density at radius 3 is 2.55 bits per heavy atom. The van der Waals surface area contributed by atoms with Crippen LogP contribution in [-0.4, -0.2) is 28.2 Å². The van der Waals surface area contributed by atoms with Crippen molar-refractivity contribution in [1.82, 2.24) is 0 Å². The van der Waals surface area contributed by atoms with E-state index in [0.717, 1.165) is 32.1 Å². The molecule has 4 saturated carbocycles. The van der Waals surface area contributed by atoms with E-state index in [2.05, 4.69) is 13.8 Å². The van der Waals surface area contributed by atoms with Crippen molar-refractivity contribution in [3.8, 4) is 0 Å². The third kappa shape index (κ3) is 1.84. The monoisotopic (exact) mass is 306 g/mol. The van der Waals surface area contributed by atoms with E-state index in [1.807, 2.05) is 0 Å². The fraction of sp³-hybridized carbons (Fsp3) is 0.947. The van der Waals surface area contributed by atoms with Crippen molar-refractivity contribution in [3.05, 3.63) is 0 Å². The first-order valence-electron chi connectivity index (χ1n) is 9.24. The minimum absolute atomic E-state index is 0.00740. The normalized spacial score (nSPS) is 57.9. The van der Waals surface area contributed by atoms with Gasteiger partial charge in [-0.05, 0) is 73.0 Å². The SMILES string of the molecule is CC12CC(O)C3C(CCC4CCC(=O)CC43C)C1CCC2O. The van der Waals surface area contributed by atoms with Gasteiger partial charge in [0.1, 0.15) is 5.78 Å². The number of aliphatic hydroxyl groups excluding tert-OH is 2. The van der Waals surface area contributed by atoms with E-state index in [0.29, 0.717) is 30.0 Å². The van der Waals surface area contributed by atoms with Gasteiger partial charge in [0.25, 0.3) is 0 Å². The van der Waals surface area contributed by atoms with Crippen LogP contribution < -0.4 is 0 Å². The zero-order chi connectivity index (χ0) is 15.7. The van der Waals surface area contributed by atoms with E-state index in [4.69, 9.17) is 0 Å². The highest BCUT2D eigenvalue weighted by atomic mass is 16.3. The van der Waals surface area contributed by atoms with Gasteiger partial charge in [-0.1, -0.05) is 13.8 Å². The molecule has 8 unspecified atom stereocenters. The molecule has 0 aromatic rings. The van der Waals surface area contributed by atoms with Crippen molar-refractivity contribution in [1.29, 1.82) is 0 Å². The fourth-order valence-corrected chi connectivity index (χ4v) is 7.24. The highest BCUT2D eigenvalue weighted by molar-refractivity contribution is 5.80. The van der Waals surface area contributed by atoms with Crippen LogP contribution in [0.1, 0.15) is 65.2 Å². The molecule has 0 saturated heterocycles. The van der Waals surface area contributed by atoms with Crippen LogP contribution in [0, 0.1) is 34.5 Å². The predicted octanol–water partition coefficient (Wildman–Crippen LogP) is 2.93. The molecule has 2 N–H and O–H groups in total. The van der Waals surface area contributed by atoms with E-state index in [1.54, 1.807) is 0 Å². The average molecular weight is 306 g/mol. The lowest BCUT2D eigenvalue weighted by atomic mass is 9.44. The van der Waals surface area contributed by atoms with Gasteiger partial charge in [0, 0.05) is 12.8 Å². The van der Waals surface area contributed by atoms with Crippen LogP contribution in [-0.2, 0) is 4.79 Å². The van der Waals surface area contributed by atoms with E-state index >= 15 is 0 Å². The van der Waals surface area contributed by atoms with Gasteiger partial charge >= 0.3 is 0 Å². The summed E-state index contributed by atoms with van der Waals surface area (Å²) in [5.41, 5.74) is -0.116. The summed E-state index contributed by atoms with van der Waals surface area (Å²) < 4.78 is 0. The van der Waals surface area contributed by atoms with Gasteiger partial charge in [0.2, 0.25) is 0 Å². The smallest absolute Gasteiger partial charge is 0.133 e. The largest absolute Gasteiger partial charge is 0.393 e. The Morgan fingerprint density at radius 1 is 1.00 bits per heavy atom. The molecule has 0 aliphatic heterocycles. The number of carbonyl (C=O) groups is 1. The first kappa shape index (κ1) is 15.1. The zero-order valence-corrected chi connectivity index (χ0v) is 13.9. The molecule has 124 valence electrons. The second kappa shape index (κ2) is 4.80. The number of hydrogen-bond donors (Lipinski definition) is 2. The molecule has 4 rings (SSSR count). The summed E-state index contributed by atoms with van der Waals surface area (Å²) in [5, 5.41) is 21.5. The highest BCUT2D eigenvalue weighted by Gasteiger charge is 2.63. The van der Waals surface area contributed by atoms with Crippen LogP contribution in [0.15, 0.2) is 0 Å². The molecule has 4 aliphatic rings. The van der Waals surface area contributed by atoms with Crippen molar-refractivity contribution in [3.63, 3.8) is 0 Å². The van der Waals surface area contributed by atoms with Gasteiger partial charge in [-0.15, -0.1) is 0 Å². The standard InChI is InChI=1S/C19H30O3/c1-18-9-12(20)5-3-11(18)4-6-13-14-7-8-16(22)19(14,2)10-15(21)17(13)18/h11,13-17,21-22H,3-10H2,1-2H3. The maximum Gasteiger partial charge on any atom is 0.133 e. The van der Waals surface area contributed by atoms with Crippen molar-refractivity contribution in [2.45, 2.75) is 77.4 Å². The maximum atomic E-state index is 12.1. The second-order valence-corrected chi connectivity index (χ2v) is 9.20. The Hall–Kier alpha value is -0.410. The summed E-state index contributed by atoms with van der Waals surface area (Å²) in [6.07, 6.45) is 6.92. The van der Waals surface area contributed by atoms with Crippen molar-refractivity contribution < 1.29 is 15.0 Å². The predicted molar refractivity (Wildman–Crippen MR) is 84.1 cm³/mol. The Bertz CT molecular complexity index is 489. The molecule has 3 heteroatoms. The van der Waals surface area contributed by atoms with E-state index < -0.39 is 0 Å². The molecule has 3 nitrogen and oxygen atoms in total. The number of rotatable bonds is 0. The van der Waals surface area contributed by atoms with Crippen LogP contribution in [0.5, 0.6) is 0 Å². The molecule has 0 radical (unpaired) electrons. The van der Waals surface area contributed by atoms with Gasteiger partial charge in [-0.25, -0.2) is 0 Å². The van der Waals surface area contributed by atoms with Gasteiger partial charge in [-0.3, -0.25) is 4.79 Å². The molecule has 0 amide bonds. The number of carbonyl (C=O) groups excluding carboxylic acids is 1. The zero-order valence-electron chi connectivity index (χ0n) is 13.9. The van der Waals surface area contributed by atoms with Gasteiger partial charge < -0.3 is 10.2 Å². The molecule has 0 bridgehead atoms. The number of hydrogen-bond acceptors (Lipinski definition) is 3. The highest BCUT2D eigenvalue weighted by Crippen LogP contribution is 2.65. The second-order valence-electron chi connectivity index (χ2n) is 9.20. The lowest BCUT2D eigenvalue weighted by Gasteiger charge is -2.61. The first-order valence-corrected chi connectivity index (χ1v) is 9.24. The summed E-state index contributed by atoms with van der Waals surface area (Å²) in [6, 6.07) is 0.